The van der Waals surface area contributed by atoms with Crippen molar-refractivity contribution in [3.8, 4) is 0 Å². The standard InChI is InChI=1S/C13H28N4/c1-14-12-5-4-6-17(9-12)11-13-10-15(2)7-8-16(13)3/h12-14H,4-11H2,1-3H3. The van der Waals surface area contributed by atoms with Gasteiger partial charge in [-0.1, -0.05) is 0 Å². The average Bonchev–Trinajstić information content (AvgIpc) is 2.34. The molecule has 0 saturated carbocycles. The molecule has 2 fully saturated rings. The zero-order chi connectivity index (χ0) is 12.3. The van der Waals surface area contributed by atoms with Gasteiger partial charge in [0.2, 0.25) is 0 Å². The number of piperazine rings is 1. The molecule has 0 bridgehead atoms. The first-order valence-electron chi connectivity index (χ1n) is 6.97. The van der Waals surface area contributed by atoms with Gasteiger partial charge in [-0.05, 0) is 40.5 Å². The lowest BCUT2D eigenvalue weighted by molar-refractivity contribution is 0.0712. The van der Waals surface area contributed by atoms with E-state index in [1.54, 1.807) is 0 Å². The van der Waals surface area contributed by atoms with Crippen LogP contribution in [0.3, 0.4) is 0 Å². The highest BCUT2D eigenvalue weighted by Crippen LogP contribution is 2.13. The van der Waals surface area contributed by atoms with Crippen LogP contribution in [0.1, 0.15) is 12.8 Å². The van der Waals surface area contributed by atoms with Crippen LogP contribution >= 0.6 is 0 Å². The van der Waals surface area contributed by atoms with Crippen LogP contribution in [0.25, 0.3) is 0 Å². The second-order valence-electron chi connectivity index (χ2n) is 5.78. The molecule has 2 atom stereocenters. The van der Waals surface area contributed by atoms with Crippen molar-refractivity contribution in [1.29, 1.82) is 0 Å². The highest BCUT2D eigenvalue weighted by molar-refractivity contribution is 4.85. The summed E-state index contributed by atoms with van der Waals surface area (Å²) in [4.78, 5) is 7.64. The molecule has 0 spiro atoms. The highest BCUT2D eigenvalue weighted by Gasteiger charge is 2.26. The molecule has 2 rings (SSSR count). The van der Waals surface area contributed by atoms with Crippen molar-refractivity contribution < 1.29 is 0 Å². The molecule has 2 unspecified atom stereocenters. The summed E-state index contributed by atoms with van der Waals surface area (Å²) in [5, 5.41) is 3.43. The number of nitrogens with zero attached hydrogens (tertiary/aromatic N) is 3. The van der Waals surface area contributed by atoms with Crippen molar-refractivity contribution in [2.24, 2.45) is 0 Å². The van der Waals surface area contributed by atoms with Crippen LogP contribution < -0.4 is 5.32 Å². The Bertz CT molecular complexity index is 233. The molecular formula is C13H28N4. The lowest BCUT2D eigenvalue weighted by Gasteiger charge is -2.42. The number of piperidine rings is 1. The SMILES string of the molecule is CNC1CCCN(CC2CN(C)CCN2C)C1. The summed E-state index contributed by atoms with van der Waals surface area (Å²) in [6.45, 7) is 7.39. The molecule has 0 amide bonds. The third-order valence-corrected chi connectivity index (χ3v) is 4.36. The summed E-state index contributed by atoms with van der Waals surface area (Å²) in [5.41, 5.74) is 0. The minimum absolute atomic E-state index is 0.704. The van der Waals surface area contributed by atoms with Gasteiger partial charge in [-0.25, -0.2) is 0 Å². The zero-order valence-corrected chi connectivity index (χ0v) is 11.7. The molecule has 100 valence electrons. The van der Waals surface area contributed by atoms with Gasteiger partial charge < -0.3 is 15.1 Å². The monoisotopic (exact) mass is 240 g/mol. The van der Waals surface area contributed by atoms with E-state index in [9.17, 15) is 0 Å². The molecule has 0 aromatic heterocycles. The van der Waals surface area contributed by atoms with E-state index in [0.29, 0.717) is 12.1 Å². The average molecular weight is 240 g/mol. The summed E-state index contributed by atoms with van der Waals surface area (Å²) in [6, 6.07) is 1.42. The van der Waals surface area contributed by atoms with Gasteiger partial charge >= 0.3 is 0 Å². The van der Waals surface area contributed by atoms with E-state index < -0.39 is 0 Å². The lowest BCUT2D eigenvalue weighted by atomic mass is 10.0. The first-order valence-corrected chi connectivity index (χ1v) is 6.97. The minimum atomic E-state index is 0.704. The van der Waals surface area contributed by atoms with Crippen LogP contribution in [0.15, 0.2) is 0 Å². The predicted octanol–water partition coefficient (Wildman–Crippen LogP) is -0.0840. The smallest absolute Gasteiger partial charge is 0.0347 e. The van der Waals surface area contributed by atoms with Crippen molar-refractivity contribution in [3.05, 3.63) is 0 Å². The maximum atomic E-state index is 3.43. The summed E-state index contributed by atoms with van der Waals surface area (Å²) in [6.07, 6.45) is 2.69. The highest BCUT2D eigenvalue weighted by atomic mass is 15.3. The van der Waals surface area contributed by atoms with Crippen molar-refractivity contribution in [2.45, 2.75) is 24.9 Å². The number of nitrogens with one attached hydrogen (secondary N) is 1. The molecule has 2 aliphatic heterocycles. The van der Waals surface area contributed by atoms with Gasteiger partial charge in [0.15, 0.2) is 0 Å². The lowest BCUT2D eigenvalue weighted by Crippen LogP contribution is -2.56. The summed E-state index contributed by atoms with van der Waals surface area (Å²) in [5.74, 6) is 0. The topological polar surface area (TPSA) is 21.8 Å². The van der Waals surface area contributed by atoms with Gasteiger partial charge in [0, 0.05) is 44.8 Å². The molecule has 4 heteroatoms. The fraction of sp³-hybridized carbons (Fsp3) is 1.00. The van der Waals surface area contributed by atoms with Gasteiger partial charge in [-0.15, -0.1) is 0 Å². The molecule has 2 aliphatic rings. The van der Waals surface area contributed by atoms with Crippen LogP contribution in [-0.4, -0.2) is 87.2 Å². The van der Waals surface area contributed by atoms with Crippen LogP contribution in [0.4, 0.5) is 0 Å². The molecule has 4 nitrogen and oxygen atoms in total. The van der Waals surface area contributed by atoms with Crippen molar-refractivity contribution in [1.82, 2.24) is 20.0 Å². The Kier molecular flexibility index (Phi) is 4.79. The summed E-state index contributed by atoms with van der Waals surface area (Å²) >= 11 is 0. The number of hydrogen-bond acceptors (Lipinski definition) is 4. The molecule has 0 aliphatic carbocycles. The second-order valence-corrected chi connectivity index (χ2v) is 5.78. The maximum Gasteiger partial charge on any atom is 0.0347 e. The fourth-order valence-electron chi connectivity index (χ4n) is 3.05. The Morgan fingerprint density at radius 2 is 1.94 bits per heavy atom. The van der Waals surface area contributed by atoms with E-state index in [1.807, 2.05) is 0 Å². The Morgan fingerprint density at radius 1 is 1.12 bits per heavy atom. The number of hydrogen-bond donors (Lipinski definition) is 1. The molecule has 2 saturated heterocycles. The predicted molar refractivity (Wildman–Crippen MR) is 72.4 cm³/mol. The van der Waals surface area contributed by atoms with Crippen molar-refractivity contribution in [3.63, 3.8) is 0 Å². The largest absolute Gasteiger partial charge is 0.316 e. The molecule has 2 heterocycles. The molecule has 0 radical (unpaired) electrons. The zero-order valence-electron chi connectivity index (χ0n) is 11.7. The van der Waals surface area contributed by atoms with Gasteiger partial charge in [-0.2, -0.15) is 0 Å². The van der Waals surface area contributed by atoms with E-state index in [0.717, 1.165) is 0 Å². The summed E-state index contributed by atoms with van der Waals surface area (Å²) in [7, 11) is 6.61. The maximum absolute atomic E-state index is 3.43. The quantitative estimate of drug-likeness (QED) is 0.744. The Balaban J connectivity index is 1.82. The van der Waals surface area contributed by atoms with Gasteiger partial charge in [-0.3, -0.25) is 4.90 Å². The second kappa shape index (κ2) is 6.14. The van der Waals surface area contributed by atoms with Gasteiger partial charge in [0.05, 0.1) is 0 Å². The molecule has 0 aromatic carbocycles. The first-order chi connectivity index (χ1) is 8.19. The molecule has 17 heavy (non-hydrogen) atoms. The molecule has 0 aromatic rings. The van der Waals surface area contributed by atoms with Crippen LogP contribution in [-0.2, 0) is 0 Å². The van der Waals surface area contributed by atoms with Crippen molar-refractivity contribution >= 4 is 0 Å². The molecular weight excluding hydrogens is 212 g/mol. The number of likely N-dealkylation sites (tertiary alicyclic amines) is 1. The van der Waals surface area contributed by atoms with Gasteiger partial charge in [0.25, 0.3) is 0 Å². The molecule has 1 N–H and O–H groups in total. The van der Waals surface area contributed by atoms with Gasteiger partial charge in [0.1, 0.15) is 0 Å². The first kappa shape index (κ1) is 13.3. The Morgan fingerprint density at radius 3 is 2.71 bits per heavy atom. The fourth-order valence-corrected chi connectivity index (χ4v) is 3.05. The number of likely N-dealkylation sites (N-methyl/N-ethyl adjacent to an activating group) is 3. The van der Waals surface area contributed by atoms with Crippen LogP contribution in [0.2, 0.25) is 0 Å². The number of rotatable bonds is 3. The summed E-state index contributed by atoms with van der Waals surface area (Å²) < 4.78 is 0. The minimum Gasteiger partial charge on any atom is -0.316 e. The van der Waals surface area contributed by atoms with Crippen LogP contribution in [0.5, 0.6) is 0 Å². The third kappa shape index (κ3) is 3.65. The van der Waals surface area contributed by atoms with E-state index in [2.05, 4.69) is 41.2 Å². The van der Waals surface area contributed by atoms with E-state index in [4.69, 9.17) is 0 Å². The van der Waals surface area contributed by atoms with E-state index in [1.165, 1.54) is 52.1 Å². The van der Waals surface area contributed by atoms with E-state index in [-0.39, 0.29) is 0 Å². The van der Waals surface area contributed by atoms with Crippen LogP contribution in [0, 0.1) is 0 Å². The van der Waals surface area contributed by atoms with E-state index >= 15 is 0 Å². The van der Waals surface area contributed by atoms with Crippen molar-refractivity contribution in [2.75, 3.05) is 60.4 Å². The normalized spacial score (nSPS) is 34.1. The Hall–Kier alpha value is -0.160. The Labute approximate surface area is 106 Å². The third-order valence-electron chi connectivity index (χ3n) is 4.36.